The Morgan fingerprint density at radius 2 is 2.21 bits per heavy atom. The van der Waals surface area contributed by atoms with Gasteiger partial charge in [-0.25, -0.2) is 4.39 Å². The van der Waals surface area contributed by atoms with Crippen LogP contribution in [0.1, 0.15) is 12.0 Å². The first-order chi connectivity index (χ1) is 6.79. The van der Waals surface area contributed by atoms with Gasteiger partial charge in [-0.3, -0.25) is 0 Å². The van der Waals surface area contributed by atoms with Crippen molar-refractivity contribution in [1.82, 2.24) is 5.32 Å². The molecule has 0 amide bonds. The van der Waals surface area contributed by atoms with Crippen molar-refractivity contribution in [2.75, 3.05) is 13.1 Å². The Morgan fingerprint density at radius 1 is 1.36 bits per heavy atom. The predicted octanol–water partition coefficient (Wildman–Crippen LogP) is 2.96. The van der Waals surface area contributed by atoms with Gasteiger partial charge in [0.15, 0.2) is 0 Å². The topological polar surface area (TPSA) is 12.0 Å². The summed E-state index contributed by atoms with van der Waals surface area (Å²) in [5.74, 6) is -0.164. The van der Waals surface area contributed by atoms with Crippen LogP contribution in [0.4, 0.5) is 4.39 Å². The second kappa shape index (κ2) is 4.24. The number of nitrogens with one attached hydrogen (secondary N) is 1. The molecule has 14 heavy (non-hydrogen) atoms. The second-order valence-electron chi connectivity index (χ2n) is 3.30. The fourth-order valence-electron chi connectivity index (χ4n) is 1.60. The lowest BCUT2D eigenvalue weighted by atomic mass is 10.0. The van der Waals surface area contributed by atoms with Gasteiger partial charge in [0.2, 0.25) is 0 Å². The fraction of sp³-hybridized carbons (Fsp3) is 0.273. The third kappa shape index (κ3) is 1.88. The molecule has 1 N–H and O–H groups in total. The van der Waals surface area contributed by atoms with Gasteiger partial charge in [0.1, 0.15) is 5.82 Å². The lowest BCUT2D eigenvalue weighted by molar-refractivity contribution is 0.614. The molecule has 0 aromatic heterocycles. The maximum atomic E-state index is 13.7. The summed E-state index contributed by atoms with van der Waals surface area (Å²) in [7, 11) is 0. The molecule has 0 spiro atoms. The van der Waals surface area contributed by atoms with E-state index in [-0.39, 0.29) is 5.82 Å². The van der Waals surface area contributed by atoms with Crippen LogP contribution in [0.15, 0.2) is 28.7 Å². The van der Waals surface area contributed by atoms with Gasteiger partial charge in [0.25, 0.3) is 0 Å². The fourth-order valence-corrected chi connectivity index (χ4v) is 1.97. The first kappa shape index (κ1) is 9.87. The monoisotopic (exact) mass is 255 g/mol. The lowest BCUT2D eigenvalue weighted by Gasteiger charge is -2.15. The molecule has 0 bridgehead atoms. The van der Waals surface area contributed by atoms with Crippen LogP contribution >= 0.6 is 15.9 Å². The highest BCUT2D eigenvalue weighted by molar-refractivity contribution is 9.10. The number of hydrogen-bond acceptors (Lipinski definition) is 1. The molecule has 1 aromatic carbocycles. The van der Waals surface area contributed by atoms with E-state index < -0.39 is 0 Å². The molecule has 0 saturated carbocycles. The van der Waals surface area contributed by atoms with Crippen molar-refractivity contribution in [3.63, 3.8) is 0 Å². The van der Waals surface area contributed by atoms with Gasteiger partial charge in [-0.1, -0.05) is 18.2 Å². The summed E-state index contributed by atoms with van der Waals surface area (Å²) in [6.45, 7) is 1.74. The summed E-state index contributed by atoms with van der Waals surface area (Å²) in [6.07, 6.45) is 3.07. The SMILES string of the molecule is Fc1c(Br)cccc1C1=CCCNC1. The average molecular weight is 256 g/mol. The Bertz CT molecular complexity index is 374. The summed E-state index contributed by atoms with van der Waals surface area (Å²) in [6, 6.07) is 5.40. The van der Waals surface area contributed by atoms with Crippen LogP contribution in [0.2, 0.25) is 0 Å². The Hall–Kier alpha value is -0.670. The van der Waals surface area contributed by atoms with Crippen LogP contribution in [0, 0.1) is 5.82 Å². The van der Waals surface area contributed by atoms with Crippen molar-refractivity contribution < 1.29 is 4.39 Å². The van der Waals surface area contributed by atoms with Crippen LogP contribution in [0.25, 0.3) is 5.57 Å². The first-order valence-corrected chi connectivity index (χ1v) is 5.42. The molecule has 0 unspecified atom stereocenters. The zero-order valence-electron chi connectivity index (χ0n) is 7.69. The second-order valence-corrected chi connectivity index (χ2v) is 4.15. The molecule has 0 fully saturated rings. The van der Waals surface area contributed by atoms with E-state index in [0.717, 1.165) is 25.1 Å². The van der Waals surface area contributed by atoms with Gasteiger partial charge in [-0.15, -0.1) is 0 Å². The molecule has 0 atom stereocenters. The minimum atomic E-state index is -0.164. The Kier molecular flexibility index (Phi) is 2.99. The molecule has 0 aliphatic carbocycles. The van der Waals surface area contributed by atoms with E-state index in [9.17, 15) is 4.39 Å². The Morgan fingerprint density at radius 3 is 2.93 bits per heavy atom. The highest BCUT2D eigenvalue weighted by Gasteiger charge is 2.11. The van der Waals surface area contributed by atoms with E-state index in [1.807, 2.05) is 12.1 Å². The molecular weight excluding hydrogens is 245 g/mol. The van der Waals surface area contributed by atoms with Crippen molar-refractivity contribution in [2.24, 2.45) is 0 Å². The third-order valence-corrected chi connectivity index (χ3v) is 2.94. The van der Waals surface area contributed by atoms with Gasteiger partial charge in [-0.2, -0.15) is 0 Å². The van der Waals surface area contributed by atoms with E-state index in [1.165, 1.54) is 0 Å². The van der Waals surface area contributed by atoms with Crippen molar-refractivity contribution in [3.05, 3.63) is 40.1 Å². The first-order valence-electron chi connectivity index (χ1n) is 4.63. The highest BCUT2D eigenvalue weighted by Crippen LogP contribution is 2.25. The summed E-state index contributed by atoms with van der Waals surface area (Å²) in [5, 5.41) is 3.23. The molecule has 1 aliphatic rings. The van der Waals surface area contributed by atoms with E-state index in [0.29, 0.717) is 10.0 Å². The van der Waals surface area contributed by atoms with E-state index in [2.05, 4.69) is 27.3 Å². The largest absolute Gasteiger partial charge is 0.312 e. The lowest BCUT2D eigenvalue weighted by Crippen LogP contribution is -2.21. The molecule has 1 aromatic rings. The maximum Gasteiger partial charge on any atom is 0.144 e. The minimum absolute atomic E-state index is 0.164. The van der Waals surface area contributed by atoms with E-state index in [1.54, 1.807) is 6.07 Å². The third-order valence-electron chi connectivity index (χ3n) is 2.32. The molecule has 0 saturated heterocycles. The van der Waals surface area contributed by atoms with Gasteiger partial charge in [0, 0.05) is 12.1 Å². The maximum absolute atomic E-state index is 13.7. The molecule has 1 heterocycles. The number of rotatable bonds is 1. The van der Waals surface area contributed by atoms with Gasteiger partial charge in [-0.05, 0) is 40.5 Å². The Balaban J connectivity index is 2.40. The Labute approximate surface area is 91.1 Å². The number of benzene rings is 1. The van der Waals surface area contributed by atoms with Crippen LogP contribution in [-0.4, -0.2) is 13.1 Å². The predicted molar refractivity (Wildman–Crippen MR) is 59.6 cm³/mol. The van der Waals surface area contributed by atoms with Gasteiger partial charge < -0.3 is 5.32 Å². The highest BCUT2D eigenvalue weighted by atomic mass is 79.9. The van der Waals surface area contributed by atoms with E-state index >= 15 is 0 Å². The zero-order chi connectivity index (χ0) is 9.97. The summed E-state index contributed by atoms with van der Waals surface area (Å²) in [4.78, 5) is 0. The minimum Gasteiger partial charge on any atom is -0.312 e. The summed E-state index contributed by atoms with van der Waals surface area (Å²) in [5.41, 5.74) is 1.75. The quantitative estimate of drug-likeness (QED) is 0.814. The summed E-state index contributed by atoms with van der Waals surface area (Å²) >= 11 is 3.19. The van der Waals surface area contributed by atoms with Gasteiger partial charge in [0.05, 0.1) is 4.47 Å². The van der Waals surface area contributed by atoms with Gasteiger partial charge >= 0.3 is 0 Å². The van der Waals surface area contributed by atoms with Crippen LogP contribution in [0.3, 0.4) is 0 Å². The summed E-state index contributed by atoms with van der Waals surface area (Å²) < 4.78 is 14.2. The molecule has 1 aliphatic heterocycles. The number of hydrogen-bond donors (Lipinski definition) is 1. The molecule has 74 valence electrons. The van der Waals surface area contributed by atoms with Crippen LogP contribution in [0.5, 0.6) is 0 Å². The van der Waals surface area contributed by atoms with Crippen molar-refractivity contribution in [1.29, 1.82) is 0 Å². The van der Waals surface area contributed by atoms with Crippen LogP contribution < -0.4 is 5.32 Å². The van der Waals surface area contributed by atoms with Crippen molar-refractivity contribution in [2.45, 2.75) is 6.42 Å². The number of halogens is 2. The molecule has 1 nitrogen and oxygen atoms in total. The molecule has 0 radical (unpaired) electrons. The van der Waals surface area contributed by atoms with Crippen molar-refractivity contribution >= 4 is 21.5 Å². The molecule has 3 heteroatoms. The smallest absolute Gasteiger partial charge is 0.144 e. The average Bonchev–Trinajstić information content (AvgIpc) is 2.23. The zero-order valence-corrected chi connectivity index (χ0v) is 9.27. The standard InChI is InChI=1S/C11H11BrFN/c12-10-5-1-4-9(11(10)13)8-3-2-6-14-7-8/h1,3-5,14H,2,6-7H2. The van der Waals surface area contributed by atoms with E-state index in [4.69, 9.17) is 0 Å². The van der Waals surface area contributed by atoms with Crippen LogP contribution in [-0.2, 0) is 0 Å². The molecular formula is C11H11BrFN. The normalized spacial score (nSPS) is 16.6. The molecule has 2 rings (SSSR count). The van der Waals surface area contributed by atoms with Crippen molar-refractivity contribution in [3.8, 4) is 0 Å².